The molecule has 1 atom stereocenters. The molecule has 100 valence electrons. The predicted molar refractivity (Wildman–Crippen MR) is 82.6 cm³/mol. The minimum absolute atomic E-state index is 0.139. The van der Waals surface area contributed by atoms with Crippen LogP contribution in [0.25, 0.3) is 0 Å². The Bertz CT molecular complexity index is 595. The van der Waals surface area contributed by atoms with Crippen LogP contribution in [-0.4, -0.2) is 7.11 Å². The van der Waals surface area contributed by atoms with Crippen molar-refractivity contribution >= 4 is 15.9 Å². The third kappa shape index (κ3) is 2.99. The second-order valence-corrected chi connectivity index (χ2v) is 5.58. The van der Waals surface area contributed by atoms with Crippen LogP contribution in [0.15, 0.2) is 40.9 Å². The van der Waals surface area contributed by atoms with Crippen molar-refractivity contribution in [2.45, 2.75) is 19.9 Å². The zero-order valence-corrected chi connectivity index (χ0v) is 13.0. The summed E-state index contributed by atoms with van der Waals surface area (Å²) in [5.74, 6) is 0.858. The van der Waals surface area contributed by atoms with Gasteiger partial charge in [0.15, 0.2) is 0 Å². The molecule has 0 bridgehead atoms. The molecule has 1 unspecified atom stereocenters. The van der Waals surface area contributed by atoms with E-state index >= 15 is 0 Å². The molecular formula is C16H18BrNO. The summed E-state index contributed by atoms with van der Waals surface area (Å²) in [5.41, 5.74) is 11.0. The minimum Gasteiger partial charge on any atom is -0.497 e. The van der Waals surface area contributed by atoms with Gasteiger partial charge in [0.1, 0.15) is 5.75 Å². The zero-order valence-electron chi connectivity index (χ0n) is 11.4. The number of hydrogen-bond acceptors (Lipinski definition) is 2. The van der Waals surface area contributed by atoms with Gasteiger partial charge in [-0.3, -0.25) is 0 Å². The number of nitrogens with two attached hydrogens (primary N) is 1. The van der Waals surface area contributed by atoms with Gasteiger partial charge in [-0.25, -0.2) is 0 Å². The van der Waals surface area contributed by atoms with Crippen LogP contribution in [0.3, 0.4) is 0 Å². The summed E-state index contributed by atoms with van der Waals surface area (Å²) in [6, 6.07) is 12.1. The topological polar surface area (TPSA) is 35.2 Å². The molecule has 2 aromatic carbocycles. The minimum atomic E-state index is -0.139. The molecule has 3 heteroatoms. The third-order valence-corrected chi connectivity index (χ3v) is 4.02. The molecular weight excluding hydrogens is 302 g/mol. The van der Waals surface area contributed by atoms with Crippen LogP contribution < -0.4 is 10.5 Å². The van der Waals surface area contributed by atoms with Gasteiger partial charge < -0.3 is 10.5 Å². The molecule has 2 rings (SSSR count). The van der Waals surface area contributed by atoms with E-state index in [1.54, 1.807) is 7.11 Å². The SMILES string of the molecule is COc1ccc(C(N)c2cc(C)ccc2Br)c(C)c1. The largest absolute Gasteiger partial charge is 0.497 e. The number of benzene rings is 2. The van der Waals surface area contributed by atoms with Crippen molar-refractivity contribution in [2.75, 3.05) is 7.11 Å². The van der Waals surface area contributed by atoms with E-state index in [0.29, 0.717) is 0 Å². The van der Waals surface area contributed by atoms with E-state index in [9.17, 15) is 0 Å². The van der Waals surface area contributed by atoms with Crippen LogP contribution in [0.1, 0.15) is 28.3 Å². The first-order valence-corrected chi connectivity index (χ1v) is 6.98. The predicted octanol–water partition coefficient (Wildman–Crippen LogP) is 4.12. The molecule has 0 aromatic heterocycles. The fourth-order valence-electron chi connectivity index (χ4n) is 2.19. The maximum Gasteiger partial charge on any atom is 0.119 e. The highest BCUT2D eigenvalue weighted by Crippen LogP contribution is 2.30. The Morgan fingerprint density at radius 1 is 1.05 bits per heavy atom. The van der Waals surface area contributed by atoms with Gasteiger partial charge in [0.25, 0.3) is 0 Å². The molecule has 0 amide bonds. The number of ether oxygens (including phenoxy) is 1. The van der Waals surface area contributed by atoms with E-state index in [1.165, 1.54) is 5.56 Å². The van der Waals surface area contributed by atoms with Gasteiger partial charge in [-0.2, -0.15) is 0 Å². The molecule has 0 aliphatic heterocycles. The third-order valence-electron chi connectivity index (χ3n) is 3.30. The molecule has 2 aromatic rings. The van der Waals surface area contributed by atoms with Crippen LogP contribution in [0.4, 0.5) is 0 Å². The highest BCUT2D eigenvalue weighted by atomic mass is 79.9. The van der Waals surface area contributed by atoms with Gasteiger partial charge in [0.2, 0.25) is 0 Å². The highest BCUT2D eigenvalue weighted by molar-refractivity contribution is 9.10. The molecule has 0 heterocycles. The monoisotopic (exact) mass is 319 g/mol. The lowest BCUT2D eigenvalue weighted by molar-refractivity contribution is 0.414. The van der Waals surface area contributed by atoms with Gasteiger partial charge in [0, 0.05) is 4.47 Å². The molecule has 0 fully saturated rings. The van der Waals surface area contributed by atoms with Crippen LogP contribution in [0.5, 0.6) is 5.75 Å². The average Bonchev–Trinajstić information content (AvgIpc) is 2.40. The molecule has 0 aliphatic carbocycles. The molecule has 0 radical (unpaired) electrons. The van der Waals surface area contributed by atoms with Crippen LogP contribution >= 0.6 is 15.9 Å². The summed E-state index contributed by atoms with van der Waals surface area (Å²) < 4.78 is 6.27. The summed E-state index contributed by atoms with van der Waals surface area (Å²) in [7, 11) is 1.67. The number of methoxy groups -OCH3 is 1. The van der Waals surface area contributed by atoms with Crippen LogP contribution in [0.2, 0.25) is 0 Å². The molecule has 0 saturated heterocycles. The van der Waals surface area contributed by atoms with Crippen molar-refractivity contribution in [3.8, 4) is 5.75 Å². The Labute approximate surface area is 122 Å². The molecule has 2 N–H and O–H groups in total. The van der Waals surface area contributed by atoms with Gasteiger partial charge in [-0.1, -0.05) is 39.7 Å². The van der Waals surface area contributed by atoms with Crippen molar-refractivity contribution in [2.24, 2.45) is 5.73 Å². The van der Waals surface area contributed by atoms with E-state index in [1.807, 2.05) is 24.3 Å². The van der Waals surface area contributed by atoms with Crippen molar-refractivity contribution in [1.29, 1.82) is 0 Å². The second-order valence-electron chi connectivity index (χ2n) is 4.73. The second kappa shape index (κ2) is 5.76. The van der Waals surface area contributed by atoms with E-state index in [0.717, 1.165) is 26.9 Å². The summed E-state index contributed by atoms with van der Waals surface area (Å²) >= 11 is 3.58. The lowest BCUT2D eigenvalue weighted by atomic mass is 9.95. The first-order chi connectivity index (χ1) is 9.02. The fourth-order valence-corrected chi connectivity index (χ4v) is 2.69. The standard InChI is InChI=1S/C16H18BrNO/c1-10-4-7-15(17)14(8-10)16(18)13-6-5-12(19-3)9-11(13)2/h4-9,16H,18H2,1-3H3. The van der Waals surface area contributed by atoms with Gasteiger partial charge in [-0.05, 0) is 48.7 Å². The lowest BCUT2D eigenvalue weighted by Crippen LogP contribution is -2.14. The maximum atomic E-state index is 6.41. The smallest absolute Gasteiger partial charge is 0.119 e. The molecule has 2 nitrogen and oxygen atoms in total. The van der Waals surface area contributed by atoms with Crippen molar-refractivity contribution < 1.29 is 4.74 Å². The van der Waals surface area contributed by atoms with Gasteiger partial charge >= 0.3 is 0 Å². The van der Waals surface area contributed by atoms with Crippen molar-refractivity contribution in [1.82, 2.24) is 0 Å². The Morgan fingerprint density at radius 3 is 2.42 bits per heavy atom. The van der Waals surface area contributed by atoms with E-state index in [4.69, 9.17) is 10.5 Å². The van der Waals surface area contributed by atoms with Crippen LogP contribution in [-0.2, 0) is 0 Å². The van der Waals surface area contributed by atoms with Crippen LogP contribution in [0, 0.1) is 13.8 Å². The number of hydrogen-bond donors (Lipinski definition) is 1. The Balaban J connectivity index is 2.43. The molecule has 0 aliphatic rings. The summed E-state index contributed by atoms with van der Waals surface area (Å²) in [4.78, 5) is 0. The highest BCUT2D eigenvalue weighted by Gasteiger charge is 2.15. The Morgan fingerprint density at radius 2 is 1.79 bits per heavy atom. The maximum absolute atomic E-state index is 6.41. The zero-order chi connectivity index (χ0) is 14.0. The molecule has 19 heavy (non-hydrogen) atoms. The molecule has 0 saturated carbocycles. The van der Waals surface area contributed by atoms with E-state index in [-0.39, 0.29) is 6.04 Å². The lowest BCUT2D eigenvalue weighted by Gasteiger charge is -2.18. The number of rotatable bonds is 3. The first-order valence-electron chi connectivity index (χ1n) is 6.19. The molecule has 0 spiro atoms. The first kappa shape index (κ1) is 14.1. The Kier molecular flexibility index (Phi) is 4.27. The average molecular weight is 320 g/mol. The summed E-state index contributed by atoms with van der Waals surface area (Å²) in [6.45, 7) is 4.13. The number of aryl methyl sites for hydroxylation is 2. The van der Waals surface area contributed by atoms with Crippen molar-refractivity contribution in [3.05, 3.63) is 63.1 Å². The fraction of sp³-hybridized carbons (Fsp3) is 0.250. The normalized spacial score (nSPS) is 12.3. The van der Waals surface area contributed by atoms with E-state index < -0.39 is 0 Å². The van der Waals surface area contributed by atoms with Gasteiger partial charge in [-0.15, -0.1) is 0 Å². The number of halogens is 1. The summed E-state index contributed by atoms with van der Waals surface area (Å²) in [5, 5.41) is 0. The summed E-state index contributed by atoms with van der Waals surface area (Å²) in [6.07, 6.45) is 0. The Hall–Kier alpha value is -1.32. The van der Waals surface area contributed by atoms with Gasteiger partial charge in [0.05, 0.1) is 13.2 Å². The van der Waals surface area contributed by atoms with Crippen molar-refractivity contribution in [3.63, 3.8) is 0 Å². The van der Waals surface area contributed by atoms with E-state index in [2.05, 4.69) is 41.9 Å². The quantitative estimate of drug-likeness (QED) is 0.923.